The van der Waals surface area contributed by atoms with Crippen LogP contribution in [0.3, 0.4) is 0 Å². The van der Waals surface area contributed by atoms with E-state index in [0.717, 1.165) is 31.2 Å². The van der Waals surface area contributed by atoms with Crippen molar-refractivity contribution in [2.24, 2.45) is 17.8 Å². The lowest BCUT2D eigenvalue weighted by Crippen LogP contribution is -2.50. The smallest absolute Gasteiger partial charge is 0.146 e. The quantitative estimate of drug-likeness (QED) is 0.558. The Hall–Kier alpha value is -1.05. The van der Waals surface area contributed by atoms with E-state index in [4.69, 9.17) is 0 Å². The van der Waals surface area contributed by atoms with Gasteiger partial charge in [-0.3, -0.25) is 0 Å². The monoisotopic (exact) mass is 244 g/mol. The van der Waals surface area contributed by atoms with Gasteiger partial charge in [-0.2, -0.15) is 0 Å². The van der Waals surface area contributed by atoms with E-state index in [1.807, 2.05) is 0 Å². The van der Waals surface area contributed by atoms with E-state index in [-0.39, 0.29) is 5.54 Å². The van der Waals surface area contributed by atoms with Gasteiger partial charge in [0, 0.05) is 25.6 Å². The highest BCUT2D eigenvalue weighted by Gasteiger charge is 2.50. The zero-order chi connectivity index (χ0) is 12.2. The fourth-order valence-electron chi connectivity index (χ4n) is 4.50. The Morgan fingerprint density at radius 1 is 1.33 bits per heavy atom. The first kappa shape index (κ1) is 10.8. The van der Waals surface area contributed by atoms with Gasteiger partial charge < -0.3 is 10.2 Å². The maximum Gasteiger partial charge on any atom is 0.146 e. The molecule has 3 aliphatic carbocycles. The molecule has 5 rings (SSSR count). The second-order valence-electron chi connectivity index (χ2n) is 6.42. The van der Waals surface area contributed by atoms with Gasteiger partial charge in [-0.15, -0.1) is 0 Å². The molecule has 2 atom stereocenters. The van der Waals surface area contributed by atoms with Crippen LogP contribution >= 0.6 is 0 Å². The Kier molecular flexibility index (Phi) is 2.24. The molecule has 2 bridgehead atoms. The molecule has 3 heteroatoms. The summed E-state index contributed by atoms with van der Waals surface area (Å²) in [5, 5.41) is 3.41. The van der Waals surface area contributed by atoms with E-state index in [1.165, 1.54) is 25.7 Å². The molecule has 0 aromatic carbocycles. The van der Waals surface area contributed by atoms with E-state index in [9.17, 15) is 4.79 Å². The SMILES string of the molecule is O=C=C1C2CNCC2CN1C12C=CC(CC1)CC2. The van der Waals surface area contributed by atoms with Gasteiger partial charge in [0.15, 0.2) is 0 Å². The van der Waals surface area contributed by atoms with Gasteiger partial charge >= 0.3 is 0 Å². The molecule has 0 amide bonds. The van der Waals surface area contributed by atoms with Crippen molar-refractivity contribution >= 4 is 5.94 Å². The number of rotatable bonds is 1. The third kappa shape index (κ3) is 1.32. The van der Waals surface area contributed by atoms with E-state index >= 15 is 0 Å². The second kappa shape index (κ2) is 3.72. The lowest BCUT2D eigenvalue weighted by Gasteiger charge is -2.49. The zero-order valence-electron chi connectivity index (χ0n) is 10.7. The first-order valence-electron chi connectivity index (χ1n) is 7.25. The number of carbonyl (C=O) groups excluding carboxylic acids is 1. The molecule has 3 nitrogen and oxygen atoms in total. The van der Waals surface area contributed by atoms with Crippen LogP contribution < -0.4 is 5.32 Å². The Morgan fingerprint density at radius 3 is 2.83 bits per heavy atom. The van der Waals surface area contributed by atoms with E-state index in [2.05, 4.69) is 28.3 Å². The van der Waals surface area contributed by atoms with Gasteiger partial charge in [0.25, 0.3) is 0 Å². The van der Waals surface area contributed by atoms with E-state index in [1.54, 1.807) is 0 Å². The van der Waals surface area contributed by atoms with Gasteiger partial charge in [-0.25, -0.2) is 4.79 Å². The maximum absolute atomic E-state index is 11.4. The first-order chi connectivity index (χ1) is 8.82. The fraction of sp³-hybridized carbons (Fsp3) is 0.733. The summed E-state index contributed by atoms with van der Waals surface area (Å²) in [4.78, 5) is 13.8. The Morgan fingerprint density at radius 2 is 2.17 bits per heavy atom. The molecule has 0 aromatic rings. The van der Waals surface area contributed by atoms with Crippen molar-refractivity contribution in [2.75, 3.05) is 19.6 Å². The van der Waals surface area contributed by atoms with Gasteiger partial charge in [-0.05, 0) is 37.5 Å². The van der Waals surface area contributed by atoms with Crippen molar-refractivity contribution in [3.63, 3.8) is 0 Å². The molecule has 96 valence electrons. The van der Waals surface area contributed by atoms with E-state index < -0.39 is 0 Å². The summed E-state index contributed by atoms with van der Waals surface area (Å²) in [7, 11) is 0. The Balaban J connectivity index is 1.71. The molecule has 18 heavy (non-hydrogen) atoms. The molecule has 2 aliphatic heterocycles. The van der Waals surface area contributed by atoms with Crippen molar-refractivity contribution in [2.45, 2.75) is 31.2 Å². The summed E-state index contributed by atoms with van der Waals surface area (Å²) in [6.07, 6.45) is 9.84. The number of fused-ring (bicyclic) bond motifs is 3. The average molecular weight is 244 g/mol. The van der Waals surface area contributed by atoms with Crippen LogP contribution in [0.5, 0.6) is 0 Å². The van der Waals surface area contributed by atoms with Gasteiger partial charge in [-0.1, -0.05) is 12.2 Å². The summed E-state index contributed by atoms with van der Waals surface area (Å²) in [5.74, 6) is 4.13. The van der Waals surface area contributed by atoms with Crippen LogP contribution in [0.4, 0.5) is 0 Å². The molecule has 0 radical (unpaired) electrons. The predicted octanol–water partition coefficient (Wildman–Crippen LogP) is 1.35. The van der Waals surface area contributed by atoms with Gasteiger partial charge in [0.2, 0.25) is 0 Å². The number of hydrogen-bond acceptors (Lipinski definition) is 3. The lowest BCUT2D eigenvalue weighted by atomic mass is 9.70. The molecule has 0 aromatic heterocycles. The van der Waals surface area contributed by atoms with Crippen molar-refractivity contribution in [3.05, 3.63) is 17.8 Å². The summed E-state index contributed by atoms with van der Waals surface area (Å²) >= 11 is 0. The number of hydrogen-bond donors (Lipinski definition) is 1. The Labute approximate surface area is 108 Å². The van der Waals surface area contributed by atoms with Crippen LogP contribution in [0, 0.1) is 17.8 Å². The van der Waals surface area contributed by atoms with E-state index in [0.29, 0.717) is 11.8 Å². The van der Waals surface area contributed by atoms with Crippen LogP contribution in [-0.4, -0.2) is 36.0 Å². The maximum atomic E-state index is 11.4. The third-order valence-corrected chi connectivity index (χ3v) is 5.62. The van der Waals surface area contributed by atoms with Crippen molar-refractivity contribution in [3.8, 4) is 0 Å². The molecule has 5 aliphatic rings. The molecule has 2 heterocycles. The fourth-order valence-corrected chi connectivity index (χ4v) is 4.50. The summed E-state index contributed by atoms with van der Waals surface area (Å²) < 4.78 is 0. The average Bonchev–Trinajstić information content (AvgIpc) is 3.01. The van der Waals surface area contributed by atoms with Crippen molar-refractivity contribution in [1.29, 1.82) is 0 Å². The third-order valence-electron chi connectivity index (χ3n) is 5.62. The molecular weight excluding hydrogens is 224 g/mol. The minimum Gasteiger partial charge on any atom is -0.356 e. The van der Waals surface area contributed by atoms with Crippen LogP contribution in [-0.2, 0) is 4.79 Å². The first-order valence-corrected chi connectivity index (χ1v) is 7.25. The predicted molar refractivity (Wildman–Crippen MR) is 69.6 cm³/mol. The molecule has 1 N–H and O–H groups in total. The highest BCUT2D eigenvalue weighted by atomic mass is 16.1. The molecular formula is C15H20N2O. The number of nitrogens with one attached hydrogen (secondary N) is 1. The van der Waals surface area contributed by atoms with Gasteiger partial charge in [0.1, 0.15) is 11.6 Å². The molecule has 2 saturated heterocycles. The minimum atomic E-state index is 0.159. The summed E-state index contributed by atoms with van der Waals surface area (Å²) in [6.45, 7) is 3.08. The molecule has 2 unspecified atom stereocenters. The number of likely N-dealkylation sites (tertiary alicyclic amines) is 1. The Bertz CT molecular complexity index is 441. The summed E-state index contributed by atoms with van der Waals surface area (Å²) in [5.41, 5.74) is 1.11. The normalized spacial score (nSPS) is 45.4. The number of allylic oxidation sites excluding steroid dienone is 1. The molecule has 3 fully saturated rings. The van der Waals surface area contributed by atoms with Crippen molar-refractivity contribution in [1.82, 2.24) is 10.2 Å². The van der Waals surface area contributed by atoms with Crippen LogP contribution in [0.1, 0.15) is 25.7 Å². The number of nitrogens with zero attached hydrogens (tertiary/aromatic N) is 1. The molecule has 0 spiro atoms. The van der Waals surface area contributed by atoms with Crippen LogP contribution in [0.15, 0.2) is 17.8 Å². The standard InChI is InChI=1S/C15H20N2O/c18-10-14-13-8-16-7-12(13)9-17(14)15-4-1-11(2-5-15)3-6-15/h1,4,11-13,16H,2-3,5-9H2. The zero-order valence-corrected chi connectivity index (χ0v) is 10.7. The van der Waals surface area contributed by atoms with Crippen molar-refractivity contribution < 1.29 is 4.79 Å². The van der Waals surface area contributed by atoms with Gasteiger partial charge in [0.05, 0.1) is 5.54 Å². The minimum absolute atomic E-state index is 0.159. The lowest BCUT2D eigenvalue weighted by molar-refractivity contribution is 0.112. The highest BCUT2D eigenvalue weighted by Crippen LogP contribution is 2.48. The van der Waals surface area contributed by atoms with Crippen LogP contribution in [0.2, 0.25) is 0 Å². The highest BCUT2D eigenvalue weighted by molar-refractivity contribution is 5.55. The topological polar surface area (TPSA) is 32.3 Å². The summed E-state index contributed by atoms with van der Waals surface area (Å²) in [6, 6.07) is 0. The molecule has 1 saturated carbocycles. The largest absolute Gasteiger partial charge is 0.356 e. The second-order valence-corrected chi connectivity index (χ2v) is 6.42. The van der Waals surface area contributed by atoms with Crippen LogP contribution in [0.25, 0.3) is 0 Å².